The monoisotopic (exact) mass is 386 g/mol. The molecule has 0 spiro atoms. The lowest BCUT2D eigenvalue weighted by Crippen LogP contribution is -2.46. The number of anilines is 3. The summed E-state index contributed by atoms with van der Waals surface area (Å²) < 4.78 is 0. The van der Waals surface area contributed by atoms with Crippen molar-refractivity contribution in [1.29, 1.82) is 0 Å². The number of nitrogens with zero attached hydrogens (tertiary/aromatic N) is 3. The smallest absolute Gasteiger partial charge is 0.255 e. The Morgan fingerprint density at radius 2 is 1.59 bits per heavy atom. The van der Waals surface area contributed by atoms with Crippen molar-refractivity contribution in [2.45, 2.75) is 13.8 Å². The number of rotatable bonds is 4. The number of aryl methyl sites for hydroxylation is 2. The maximum absolute atomic E-state index is 12.4. The number of pyridine rings is 1. The van der Waals surface area contributed by atoms with Gasteiger partial charge in [0.05, 0.1) is 11.9 Å². The molecule has 4 rings (SSSR count). The molecule has 0 saturated carbocycles. The molecule has 1 aliphatic rings. The third-order valence-corrected chi connectivity index (χ3v) is 5.29. The van der Waals surface area contributed by atoms with E-state index >= 15 is 0 Å². The van der Waals surface area contributed by atoms with E-state index < -0.39 is 0 Å². The van der Waals surface area contributed by atoms with Gasteiger partial charge >= 0.3 is 0 Å². The molecule has 0 atom stereocenters. The number of piperazine rings is 1. The maximum atomic E-state index is 12.4. The lowest BCUT2D eigenvalue weighted by molar-refractivity contribution is 0.102. The molecule has 1 amide bonds. The van der Waals surface area contributed by atoms with E-state index in [-0.39, 0.29) is 5.91 Å². The van der Waals surface area contributed by atoms with Crippen LogP contribution < -0.4 is 15.1 Å². The highest BCUT2D eigenvalue weighted by atomic mass is 16.1. The predicted octanol–water partition coefficient (Wildman–Crippen LogP) is 4.28. The molecule has 29 heavy (non-hydrogen) atoms. The second-order valence-corrected chi connectivity index (χ2v) is 7.54. The first-order valence-corrected chi connectivity index (χ1v) is 9.99. The highest BCUT2D eigenvalue weighted by molar-refractivity contribution is 6.04. The lowest BCUT2D eigenvalue weighted by atomic mass is 10.1. The van der Waals surface area contributed by atoms with Crippen LogP contribution in [0, 0.1) is 13.8 Å². The molecule has 0 aliphatic carbocycles. The van der Waals surface area contributed by atoms with Crippen molar-refractivity contribution >= 4 is 23.1 Å². The van der Waals surface area contributed by atoms with Crippen molar-refractivity contribution in [3.05, 3.63) is 83.6 Å². The van der Waals surface area contributed by atoms with Crippen LogP contribution in [0.2, 0.25) is 0 Å². The molecular weight excluding hydrogens is 360 g/mol. The van der Waals surface area contributed by atoms with E-state index in [2.05, 4.69) is 51.3 Å². The van der Waals surface area contributed by atoms with E-state index in [4.69, 9.17) is 0 Å². The van der Waals surface area contributed by atoms with Crippen LogP contribution in [0.3, 0.4) is 0 Å². The first kappa shape index (κ1) is 19.0. The minimum absolute atomic E-state index is 0.119. The normalized spacial score (nSPS) is 14.0. The molecule has 1 N–H and O–H groups in total. The quantitative estimate of drug-likeness (QED) is 0.727. The Hall–Kier alpha value is -3.34. The van der Waals surface area contributed by atoms with Crippen molar-refractivity contribution in [3.8, 4) is 0 Å². The summed E-state index contributed by atoms with van der Waals surface area (Å²) in [5.41, 5.74) is 5.06. The molecule has 0 bridgehead atoms. The molecular formula is C24H26N4O. The van der Waals surface area contributed by atoms with Crippen molar-refractivity contribution in [3.63, 3.8) is 0 Å². The summed E-state index contributed by atoms with van der Waals surface area (Å²) in [4.78, 5) is 21.6. The molecule has 5 nitrogen and oxygen atoms in total. The van der Waals surface area contributed by atoms with Gasteiger partial charge in [0.25, 0.3) is 5.91 Å². The lowest BCUT2D eigenvalue weighted by Gasteiger charge is -2.36. The Morgan fingerprint density at radius 3 is 2.24 bits per heavy atom. The second kappa shape index (κ2) is 8.35. The Balaban J connectivity index is 1.35. The van der Waals surface area contributed by atoms with Crippen molar-refractivity contribution in [2.24, 2.45) is 0 Å². The van der Waals surface area contributed by atoms with Gasteiger partial charge in [-0.05, 0) is 55.8 Å². The van der Waals surface area contributed by atoms with Crippen LogP contribution in [-0.4, -0.2) is 37.1 Å². The van der Waals surface area contributed by atoms with Crippen molar-refractivity contribution < 1.29 is 4.79 Å². The van der Waals surface area contributed by atoms with Gasteiger partial charge in [-0.1, -0.05) is 29.8 Å². The Labute approximate surface area is 172 Å². The fraction of sp³-hybridized carbons (Fsp3) is 0.250. The highest BCUT2D eigenvalue weighted by Crippen LogP contribution is 2.21. The summed E-state index contributed by atoms with van der Waals surface area (Å²) in [5.74, 6) is 0.827. The van der Waals surface area contributed by atoms with Gasteiger partial charge in [-0.2, -0.15) is 0 Å². The number of nitrogens with one attached hydrogen (secondary N) is 1. The van der Waals surface area contributed by atoms with Gasteiger partial charge in [0, 0.05) is 37.4 Å². The van der Waals surface area contributed by atoms with Crippen LogP contribution in [0.4, 0.5) is 17.2 Å². The summed E-state index contributed by atoms with van der Waals surface area (Å²) in [6, 6.07) is 20.1. The number of hydrogen-bond acceptors (Lipinski definition) is 4. The van der Waals surface area contributed by atoms with Gasteiger partial charge < -0.3 is 15.1 Å². The van der Waals surface area contributed by atoms with Crippen LogP contribution in [0.5, 0.6) is 0 Å². The van der Waals surface area contributed by atoms with E-state index in [1.54, 1.807) is 6.20 Å². The number of amides is 1. The molecule has 0 radical (unpaired) electrons. The van der Waals surface area contributed by atoms with Crippen molar-refractivity contribution in [2.75, 3.05) is 41.3 Å². The molecule has 2 aromatic carbocycles. The van der Waals surface area contributed by atoms with E-state index in [0.717, 1.165) is 37.6 Å². The maximum Gasteiger partial charge on any atom is 0.255 e. The van der Waals surface area contributed by atoms with E-state index in [1.807, 2.05) is 43.3 Å². The number of carbonyl (C=O) groups excluding carboxylic acids is 1. The third-order valence-electron chi connectivity index (χ3n) is 5.29. The molecule has 1 aliphatic heterocycles. The Morgan fingerprint density at radius 1 is 0.862 bits per heavy atom. The van der Waals surface area contributed by atoms with E-state index in [1.165, 1.54) is 11.3 Å². The van der Waals surface area contributed by atoms with E-state index in [0.29, 0.717) is 11.3 Å². The SMILES string of the molecule is Cc1ccc(C(=O)Nc2ccc(N3CCN(c4cccc(C)c4)CC3)nc2)cc1. The van der Waals surface area contributed by atoms with Gasteiger partial charge in [0.2, 0.25) is 0 Å². The molecule has 2 heterocycles. The second-order valence-electron chi connectivity index (χ2n) is 7.54. The van der Waals surface area contributed by atoms with Crippen molar-refractivity contribution in [1.82, 2.24) is 4.98 Å². The van der Waals surface area contributed by atoms with Gasteiger partial charge in [0.15, 0.2) is 0 Å². The first-order valence-electron chi connectivity index (χ1n) is 9.99. The van der Waals surface area contributed by atoms with Gasteiger partial charge in [0.1, 0.15) is 5.82 Å². The number of hydrogen-bond donors (Lipinski definition) is 1. The summed E-state index contributed by atoms with van der Waals surface area (Å²) in [6.07, 6.45) is 1.73. The molecule has 1 aromatic heterocycles. The predicted molar refractivity (Wildman–Crippen MR) is 119 cm³/mol. The first-order chi connectivity index (χ1) is 14.1. The van der Waals surface area contributed by atoms with E-state index in [9.17, 15) is 4.79 Å². The molecule has 5 heteroatoms. The molecule has 148 valence electrons. The minimum Gasteiger partial charge on any atom is -0.368 e. The van der Waals surface area contributed by atoms with Gasteiger partial charge in [-0.3, -0.25) is 4.79 Å². The average Bonchev–Trinajstić information content (AvgIpc) is 2.75. The van der Waals surface area contributed by atoms with Crippen LogP contribution in [-0.2, 0) is 0 Å². The molecule has 3 aromatic rings. The fourth-order valence-corrected chi connectivity index (χ4v) is 3.57. The number of benzene rings is 2. The summed E-state index contributed by atoms with van der Waals surface area (Å²) in [5, 5.41) is 2.91. The van der Waals surface area contributed by atoms with Gasteiger partial charge in [-0.15, -0.1) is 0 Å². The molecule has 1 saturated heterocycles. The summed E-state index contributed by atoms with van der Waals surface area (Å²) >= 11 is 0. The van der Waals surface area contributed by atoms with Crippen LogP contribution >= 0.6 is 0 Å². The minimum atomic E-state index is -0.119. The zero-order valence-electron chi connectivity index (χ0n) is 16.9. The Kier molecular flexibility index (Phi) is 5.47. The number of aromatic nitrogens is 1. The third kappa shape index (κ3) is 4.57. The Bertz CT molecular complexity index is 975. The molecule has 0 unspecified atom stereocenters. The van der Waals surface area contributed by atoms with Crippen LogP contribution in [0.1, 0.15) is 21.5 Å². The summed E-state index contributed by atoms with van der Waals surface area (Å²) in [6.45, 7) is 7.92. The highest BCUT2D eigenvalue weighted by Gasteiger charge is 2.18. The topological polar surface area (TPSA) is 48.5 Å². The summed E-state index contributed by atoms with van der Waals surface area (Å²) in [7, 11) is 0. The fourth-order valence-electron chi connectivity index (χ4n) is 3.57. The van der Waals surface area contributed by atoms with Crippen LogP contribution in [0.25, 0.3) is 0 Å². The molecule has 1 fully saturated rings. The standard InChI is InChI=1S/C24H26N4O/c1-18-6-8-20(9-7-18)24(29)26-21-10-11-23(25-17-21)28-14-12-27(13-15-28)22-5-3-4-19(2)16-22/h3-11,16-17H,12-15H2,1-2H3,(H,26,29). The average molecular weight is 386 g/mol. The van der Waals surface area contributed by atoms with Crippen LogP contribution in [0.15, 0.2) is 66.9 Å². The zero-order chi connectivity index (χ0) is 20.2. The largest absolute Gasteiger partial charge is 0.368 e. The zero-order valence-corrected chi connectivity index (χ0v) is 16.9. The number of carbonyl (C=O) groups is 1. The van der Waals surface area contributed by atoms with Gasteiger partial charge in [-0.25, -0.2) is 4.98 Å².